The molecule has 0 saturated heterocycles. The Labute approximate surface area is 180 Å². The normalized spacial score (nSPS) is 33.7. The van der Waals surface area contributed by atoms with Gasteiger partial charge in [-0.2, -0.15) is 0 Å². The number of benzene rings is 2. The van der Waals surface area contributed by atoms with Gasteiger partial charge in [0.1, 0.15) is 5.75 Å². The minimum Gasteiger partial charge on any atom is -0.508 e. The van der Waals surface area contributed by atoms with Crippen molar-refractivity contribution in [3.05, 3.63) is 64.7 Å². The van der Waals surface area contributed by atoms with E-state index in [-0.39, 0.29) is 11.5 Å². The summed E-state index contributed by atoms with van der Waals surface area (Å²) in [4.78, 5) is 2.11. The molecule has 3 aliphatic carbocycles. The Bertz CT molecular complexity index is 977. The molecule has 2 aromatic carbocycles. The number of aliphatic hydroxyl groups is 1. The lowest BCUT2D eigenvalue weighted by atomic mass is 9.55. The number of nitrogens with zero attached hydrogens (tertiary/aromatic N) is 1. The molecule has 3 nitrogen and oxygen atoms in total. The fourth-order valence-corrected chi connectivity index (χ4v) is 6.65. The van der Waals surface area contributed by atoms with E-state index in [2.05, 4.69) is 62.3 Å². The van der Waals surface area contributed by atoms with Crippen LogP contribution in [0.2, 0.25) is 0 Å². The number of anilines is 1. The third-order valence-electron chi connectivity index (χ3n) is 8.34. The number of fused-ring (bicyclic) bond motifs is 5. The summed E-state index contributed by atoms with van der Waals surface area (Å²) in [5.41, 5.74) is 6.33. The third-order valence-corrected chi connectivity index (χ3v) is 8.34. The van der Waals surface area contributed by atoms with E-state index < -0.39 is 0 Å². The van der Waals surface area contributed by atoms with Gasteiger partial charge in [-0.3, -0.25) is 0 Å². The molecule has 3 heteroatoms. The summed E-state index contributed by atoms with van der Waals surface area (Å²) >= 11 is 0. The van der Waals surface area contributed by atoms with Gasteiger partial charge in [0.05, 0.1) is 6.10 Å². The monoisotopic (exact) mass is 403 g/mol. The van der Waals surface area contributed by atoms with Crippen LogP contribution in [0.15, 0.2) is 48.0 Å². The Morgan fingerprint density at radius 3 is 2.57 bits per heavy atom. The predicted octanol–water partition coefficient (Wildman–Crippen LogP) is 5.37. The van der Waals surface area contributed by atoms with Gasteiger partial charge in [-0.25, -0.2) is 0 Å². The van der Waals surface area contributed by atoms with E-state index in [1.807, 2.05) is 12.1 Å². The molecule has 0 amide bonds. The van der Waals surface area contributed by atoms with Gasteiger partial charge in [0.2, 0.25) is 0 Å². The molecule has 0 radical (unpaired) electrons. The molecule has 2 saturated carbocycles. The first-order valence-electron chi connectivity index (χ1n) is 11.3. The first-order chi connectivity index (χ1) is 14.4. The fraction of sp³-hybridized carbons (Fsp3) is 0.481. The van der Waals surface area contributed by atoms with Crippen LogP contribution in [-0.4, -0.2) is 30.4 Å². The quantitative estimate of drug-likeness (QED) is 0.709. The summed E-state index contributed by atoms with van der Waals surface area (Å²) < 4.78 is 0. The van der Waals surface area contributed by atoms with Crippen molar-refractivity contribution in [3.63, 3.8) is 0 Å². The van der Waals surface area contributed by atoms with Crippen LogP contribution in [-0.2, 0) is 6.42 Å². The molecule has 30 heavy (non-hydrogen) atoms. The van der Waals surface area contributed by atoms with Crippen LogP contribution >= 0.6 is 0 Å². The van der Waals surface area contributed by atoms with Gasteiger partial charge in [0.15, 0.2) is 0 Å². The van der Waals surface area contributed by atoms with E-state index in [0.717, 1.165) is 25.7 Å². The van der Waals surface area contributed by atoms with Crippen molar-refractivity contribution < 1.29 is 10.2 Å². The Morgan fingerprint density at radius 2 is 1.83 bits per heavy atom. The molecular formula is C27H33NO2. The highest BCUT2D eigenvalue weighted by Gasteiger charge is 2.56. The van der Waals surface area contributed by atoms with Crippen LogP contribution in [0.4, 0.5) is 5.69 Å². The third kappa shape index (κ3) is 3.06. The summed E-state index contributed by atoms with van der Waals surface area (Å²) in [6.45, 7) is 2.32. The number of phenols is 1. The summed E-state index contributed by atoms with van der Waals surface area (Å²) in [6.07, 6.45) is 7.30. The van der Waals surface area contributed by atoms with Crippen LogP contribution in [0.25, 0.3) is 6.08 Å². The predicted molar refractivity (Wildman–Crippen MR) is 123 cm³/mol. The Hall–Kier alpha value is -2.26. The smallest absolute Gasteiger partial charge is 0.115 e. The van der Waals surface area contributed by atoms with E-state index in [1.165, 1.54) is 34.4 Å². The van der Waals surface area contributed by atoms with Crippen molar-refractivity contribution in [2.75, 3.05) is 19.0 Å². The molecule has 2 N–H and O–H groups in total. The molecule has 158 valence electrons. The average Bonchev–Trinajstić information content (AvgIpc) is 2.98. The lowest BCUT2D eigenvalue weighted by molar-refractivity contribution is -0.0158. The second kappa shape index (κ2) is 7.16. The molecular weight excluding hydrogens is 370 g/mol. The first-order valence-corrected chi connectivity index (χ1v) is 11.3. The molecule has 5 atom stereocenters. The lowest BCUT2D eigenvalue weighted by Gasteiger charge is -2.49. The topological polar surface area (TPSA) is 43.7 Å². The summed E-state index contributed by atoms with van der Waals surface area (Å²) in [7, 11) is 4.11. The summed E-state index contributed by atoms with van der Waals surface area (Å²) in [5, 5.41) is 21.2. The fourth-order valence-electron chi connectivity index (χ4n) is 6.65. The van der Waals surface area contributed by atoms with Gasteiger partial charge in [0, 0.05) is 25.2 Å². The first kappa shape index (κ1) is 19.7. The van der Waals surface area contributed by atoms with Crippen molar-refractivity contribution in [3.8, 4) is 5.75 Å². The maximum Gasteiger partial charge on any atom is 0.115 e. The zero-order valence-corrected chi connectivity index (χ0v) is 18.3. The van der Waals surface area contributed by atoms with Crippen molar-refractivity contribution in [2.24, 2.45) is 17.3 Å². The highest BCUT2D eigenvalue weighted by Crippen LogP contribution is 2.62. The van der Waals surface area contributed by atoms with Crippen molar-refractivity contribution in [1.29, 1.82) is 0 Å². The summed E-state index contributed by atoms with van der Waals surface area (Å²) in [5.74, 6) is 2.10. The van der Waals surface area contributed by atoms with E-state index in [0.29, 0.717) is 23.5 Å². The highest BCUT2D eigenvalue weighted by molar-refractivity contribution is 5.59. The van der Waals surface area contributed by atoms with Gasteiger partial charge in [-0.05, 0) is 96.4 Å². The van der Waals surface area contributed by atoms with Crippen molar-refractivity contribution in [1.82, 2.24) is 0 Å². The molecule has 0 spiro atoms. The molecule has 0 aromatic heterocycles. The summed E-state index contributed by atoms with van der Waals surface area (Å²) in [6, 6.07) is 14.6. The van der Waals surface area contributed by atoms with Gasteiger partial charge >= 0.3 is 0 Å². The Balaban J connectivity index is 1.44. The number of hydrogen-bond donors (Lipinski definition) is 2. The van der Waals surface area contributed by atoms with Gasteiger partial charge < -0.3 is 15.1 Å². The number of aliphatic hydroxyl groups excluding tert-OH is 1. The van der Waals surface area contributed by atoms with Crippen LogP contribution < -0.4 is 4.90 Å². The standard InChI is InChI=1S/C27H33NO2/c1-27-13-12-23-22-11-9-21(29)15-18(22)6-10-24(23)25(27)16-19(26(27)30)14-17-4-7-20(8-5-17)28(2)3/h4-5,7-9,11,14-15,23-26,29-30H,6,10,12-13,16H2,1-3H3/b19-14+/t23-,24-,25+,26+,27+/m1/s1. The number of aryl methyl sites for hydroxylation is 1. The second-order valence-electron chi connectivity index (χ2n) is 10.2. The van der Waals surface area contributed by atoms with Crippen LogP contribution in [0.3, 0.4) is 0 Å². The lowest BCUT2D eigenvalue weighted by Crippen LogP contribution is -2.44. The minimum absolute atomic E-state index is 0.0228. The minimum atomic E-state index is -0.349. The Kier molecular flexibility index (Phi) is 4.70. The molecule has 0 aliphatic heterocycles. The molecule has 3 aliphatic rings. The molecule has 0 unspecified atom stereocenters. The maximum atomic E-state index is 11.4. The van der Waals surface area contributed by atoms with E-state index in [4.69, 9.17) is 0 Å². The number of phenolic OH excluding ortho intramolecular Hbond substituents is 1. The van der Waals surface area contributed by atoms with Crippen LogP contribution in [0.5, 0.6) is 5.75 Å². The van der Waals surface area contributed by atoms with Crippen LogP contribution in [0.1, 0.15) is 55.2 Å². The molecule has 0 heterocycles. The number of hydrogen-bond acceptors (Lipinski definition) is 3. The van der Waals surface area contributed by atoms with Crippen LogP contribution in [0, 0.1) is 17.3 Å². The van der Waals surface area contributed by atoms with Gasteiger partial charge in [-0.1, -0.05) is 31.2 Å². The SMILES string of the molecule is CN(C)c1ccc(/C=C2\C[C@H]3[C@@H]4CCc5cc(O)ccc5[C@H]4CC[C@]3(C)[C@H]2O)cc1. The maximum absolute atomic E-state index is 11.4. The van der Waals surface area contributed by atoms with E-state index in [1.54, 1.807) is 0 Å². The molecule has 2 aromatic rings. The second-order valence-corrected chi connectivity index (χ2v) is 10.2. The number of rotatable bonds is 2. The van der Waals surface area contributed by atoms with E-state index in [9.17, 15) is 10.2 Å². The van der Waals surface area contributed by atoms with Crippen molar-refractivity contribution in [2.45, 2.75) is 51.0 Å². The molecule has 0 bridgehead atoms. The zero-order chi connectivity index (χ0) is 21.0. The highest BCUT2D eigenvalue weighted by atomic mass is 16.3. The molecule has 5 rings (SSSR count). The Morgan fingerprint density at radius 1 is 1.07 bits per heavy atom. The number of aromatic hydroxyl groups is 1. The molecule has 2 fully saturated rings. The van der Waals surface area contributed by atoms with Gasteiger partial charge in [0.25, 0.3) is 0 Å². The van der Waals surface area contributed by atoms with Gasteiger partial charge in [-0.15, -0.1) is 0 Å². The largest absolute Gasteiger partial charge is 0.508 e. The van der Waals surface area contributed by atoms with E-state index >= 15 is 0 Å². The zero-order valence-electron chi connectivity index (χ0n) is 18.3. The van der Waals surface area contributed by atoms with Crippen molar-refractivity contribution >= 4 is 11.8 Å². The average molecular weight is 404 g/mol.